The molecule has 0 heterocycles. The van der Waals surface area contributed by atoms with Crippen molar-refractivity contribution in [3.8, 4) is 0 Å². The van der Waals surface area contributed by atoms with Crippen LogP contribution in [0.5, 0.6) is 0 Å². The van der Waals surface area contributed by atoms with Crippen molar-refractivity contribution >= 4 is 85.4 Å². The van der Waals surface area contributed by atoms with Gasteiger partial charge in [0.25, 0.3) is 0 Å². The van der Waals surface area contributed by atoms with Crippen LogP contribution in [0.4, 0.5) is 0 Å². The van der Waals surface area contributed by atoms with Crippen LogP contribution in [-0.4, -0.2) is 5.78 Å². The molecule has 0 aliphatic heterocycles. The molecule has 0 spiro atoms. The van der Waals surface area contributed by atoms with Gasteiger partial charge in [0.05, 0.1) is 0 Å². The molecule has 1 aromatic carbocycles. The van der Waals surface area contributed by atoms with Crippen LogP contribution >= 0.6 is 79.6 Å². The van der Waals surface area contributed by atoms with Crippen molar-refractivity contribution in [1.82, 2.24) is 0 Å². The number of carbonyl (C=O) groups excluding carboxylic acids is 1. The van der Waals surface area contributed by atoms with Crippen molar-refractivity contribution in [2.45, 2.75) is 6.92 Å². The molecule has 76 valence electrons. The molecule has 0 saturated carbocycles. The lowest BCUT2D eigenvalue weighted by Gasteiger charge is -2.10. The fourth-order valence-corrected chi connectivity index (χ4v) is 4.52. The molecule has 14 heavy (non-hydrogen) atoms. The van der Waals surface area contributed by atoms with Gasteiger partial charge in [-0.15, -0.1) is 0 Å². The van der Waals surface area contributed by atoms with Crippen molar-refractivity contribution in [1.29, 1.82) is 0 Å². The fraction of sp³-hybridized carbons (Fsp3) is 0.125. The largest absolute Gasteiger partial charge is 0.294 e. The van der Waals surface area contributed by atoms with Crippen LogP contribution in [0.15, 0.2) is 22.4 Å². The molecular weight excluding hydrogens is 512 g/mol. The summed E-state index contributed by atoms with van der Waals surface area (Å²) in [5.41, 5.74) is 0.618. The summed E-state index contributed by atoms with van der Waals surface area (Å²) in [6.07, 6.45) is 0. The van der Waals surface area contributed by atoms with E-state index < -0.39 is 0 Å². The van der Waals surface area contributed by atoms with Gasteiger partial charge in [-0.2, -0.15) is 0 Å². The van der Waals surface area contributed by atoms with E-state index in [1.165, 1.54) is 6.92 Å². The van der Waals surface area contributed by atoms with Gasteiger partial charge in [0.2, 0.25) is 0 Å². The highest BCUT2D eigenvalue weighted by Crippen LogP contribution is 2.44. The first kappa shape index (κ1) is 13.4. The maximum atomic E-state index is 11.4. The lowest BCUT2D eigenvalue weighted by atomic mass is 10.1. The Morgan fingerprint density at radius 3 is 1.36 bits per heavy atom. The molecule has 1 rings (SSSR count). The van der Waals surface area contributed by atoms with E-state index in [9.17, 15) is 4.79 Å². The molecule has 0 aliphatic rings. The zero-order valence-corrected chi connectivity index (χ0v) is 14.7. The molecule has 0 radical (unpaired) electrons. The smallest absolute Gasteiger partial charge is 0.162 e. The minimum atomic E-state index is -0.00218. The van der Waals surface area contributed by atoms with E-state index >= 15 is 0 Å². The molecule has 0 aliphatic carbocycles. The number of rotatable bonds is 1. The Balaban J connectivity index is 3.68. The lowest BCUT2D eigenvalue weighted by molar-refractivity contribution is 0.101. The van der Waals surface area contributed by atoms with Crippen LogP contribution in [0.3, 0.4) is 0 Å². The molecule has 0 fully saturated rings. The van der Waals surface area contributed by atoms with Crippen molar-refractivity contribution in [3.05, 3.63) is 27.9 Å². The average Bonchev–Trinajstić information content (AvgIpc) is 2.11. The first-order chi connectivity index (χ1) is 6.37. The van der Waals surface area contributed by atoms with Gasteiger partial charge in [0.15, 0.2) is 5.78 Å². The van der Waals surface area contributed by atoms with Gasteiger partial charge in [-0.05, 0) is 86.6 Å². The van der Waals surface area contributed by atoms with Crippen molar-refractivity contribution < 1.29 is 4.79 Å². The first-order valence-corrected chi connectivity index (χ1v) is 7.36. The summed E-state index contributed by atoms with van der Waals surface area (Å²) in [5, 5.41) is 0. The van der Waals surface area contributed by atoms with Gasteiger partial charge >= 0.3 is 0 Å². The van der Waals surface area contributed by atoms with E-state index in [1.54, 1.807) is 0 Å². The van der Waals surface area contributed by atoms with Crippen molar-refractivity contribution in [3.63, 3.8) is 0 Å². The molecule has 1 aromatic rings. The second-order valence-corrected chi connectivity index (χ2v) is 6.47. The summed E-state index contributed by atoms with van der Waals surface area (Å²) in [5.74, 6) is -0.00218. The zero-order valence-electron chi connectivity index (χ0n) is 6.80. The normalized spacial score (nSPS) is 10.4. The summed E-state index contributed by atoms with van der Waals surface area (Å²) in [6, 6.07) is 0. The summed E-state index contributed by atoms with van der Waals surface area (Å²) < 4.78 is 3.98. The number of halogens is 5. The molecule has 0 aromatic heterocycles. The van der Waals surface area contributed by atoms with Crippen molar-refractivity contribution in [2.75, 3.05) is 0 Å². The predicted molar refractivity (Wildman–Crippen MR) is 74.9 cm³/mol. The van der Waals surface area contributed by atoms with E-state index in [0.29, 0.717) is 5.56 Å². The second-order valence-electron chi connectivity index (χ2n) is 2.50. The Kier molecular flexibility index (Phi) is 4.85. The molecule has 0 N–H and O–H groups in total. The monoisotopic (exact) mass is 510 g/mol. The van der Waals surface area contributed by atoms with Gasteiger partial charge < -0.3 is 0 Å². The van der Waals surface area contributed by atoms with Gasteiger partial charge in [-0.3, -0.25) is 4.79 Å². The minimum absolute atomic E-state index is 0.00218. The number of hydrogen-bond donors (Lipinski definition) is 0. The second kappa shape index (κ2) is 5.08. The fourth-order valence-electron chi connectivity index (χ4n) is 0.914. The average molecular weight is 515 g/mol. The van der Waals surface area contributed by atoms with Crippen LogP contribution in [0, 0.1) is 0 Å². The molecule has 1 nitrogen and oxygen atoms in total. The number of hydrogen-bond acceptors (Lipinski definition) is 1. The van der Waals surface area contributed by atoms with E-state index in [2.05, 4.69) is 79.6 Å². The number of carbonyl (C=O) groups is 1. The summed E-state index contributed by atoms with van der Waals surface area (Å²) in [6.45, 7) is 1.53. The highest BCUT2D eigenvalue weighted by Gasteiger charge is 2.19. The van der Waals surface area contributed by atoms with Crippen LogP contribution in [-0.2, 0) is 0 Å². The third-order valence-corrected chi connectivity index (χ3v) is 7.66. The topological polar surface area (TPSA) is 17.1 Å². The highest BCUT2D eigenvalue weighted by atomic mass is 79.9. The Hall–Kier alpha value is 1.29. The van der Waals surface area contributed by atoms with Gasteiger partial charge in [-0.25, -0.2) is 0 Å². The summed E-state index contributed by atoms with van der Waals surface area (Å²) >= 11 is 16.9. The molecular formula is C8H3Br5O. The van der Waals surface area contributed by atoms with Crippen molar-refractivity contribution in [2.24, 2.45) is 0 Å². The van der Waals surface area contributed by atoms with E-state index in [-0.39, 0.29) is 5.78 Å². The predicted octanol–water partition coefficient (Wildman–Crippen LogP) is 5.70. The SMILES string of the molecule is CC(=O)c1c(Br)c(Br)c(Br)c(Br)c1Br. The van der Waals surface area contributed by atoms with Gasteiger partial charge in [0.1, 0.15) is 0 Å². The van der Waals surface area contributed by atoms with E-state index in [0.717, 1.165) is 22.4 Å². The number of benzene rings is 1. The van der Waals surface area contributed by atoms with Crippen LogP contribution in [0.2, 0.25) is 0 Å². The maximum Gasteiger partial charge on any atom is 0.162 e. The van der Waals surface area contributed by atoms with Crippen LogP contribution < -0.4 is 0 Å². The highest BCUT2D eigenvalue weighted by molar-refractivity contribution is 9.15. The Morgan fingerprint density at radius 1 is 0.786 bits per heavy atom. The standard InChI is InChI=1S/C8H3Br5O/c1-2(14)3-4(9)6(11)8(13)7(12)5(3)10/h1H3. The summed E-state index contributed by atoms with van der Waals surface area (Å²) in [7, 11) is 0. The molecule has 0 atom stereocenters. The van der Waals surface area contributed by atoms with E-state index in [1.807, 2.05) is 0 Å². The number of Topliss-reactive ketones (excluding diaryl/α,β-unsaturated/α-hetero) is 1. The molecule has 6 heteroatoms. The number of ketones is 1. The Bertz CT molecular complexity index is 384. The minimum Gasteiger partial charge on any atom is -0.294 e. The zero-order chi connectivity index (χ0) is 11.0. The van der Waals surface area contributed by atoms with Crippen LogP contribution in [0.1, 0.15) is 17.3 Å². The third kappa shape index (κ3) is 2.34. The Labute approximate surface area is 124 Å². The molecule has 0 amide bonds. The Morgan fingerprint density at radius 2 is 1.07 bits per heavy atom. The summed E-state index contributed by atoms with van der Waals surface area (Å²) in [4.78, 5) is 11.4. The molecule has 0 bridgehead atoms. The first-order valence-electron chi connectivity index (χ1n) is 3.40. The lowest BCUT2D eigenvalue weighted by Crippen LogP contribution is -1.98. The quantitative estimate of drug-likeness (QED) is 0.267. The van der Waals surface area contributed by atoms with Gasteiger partial charge in [-0.1, -0.05) is 0 Å². The molecule has 0 saturated heterocycles. The van der Waals surface area contributed by atoms with Gasteiger partial charge in [0, 0.05) is 27.9 Å². The van der Waals surface area contributed by atoms with Crippen LogP contribution in [0.25, 0.3) is 0 Å². The maximum absolute atomic E-state index is 11.4. The molecule has 0 unspecified atom stereocenters. The third-order valence-electron chi connectivity index (χ3n) is 1.56. The van der Waals surface area contributed by atoms with E-state index in [4.69, 9.17) is 0 Å².